The number of aliphatic hydroxyl groups is 8. The number of nitrogens with two attached hydrogens (primary N) is 4. The monoisotopic (exact) mass is 977 g/mol. The zero-order valence-corrected chi connectivity index (χ0v) is 35.9. The highest BCUT2D eigenvalue weighted by Crippen LogP contribution is 2.36. The van der Waals surface area contributed by atoms with Crippen molar-refractivity contribution >= 4 is 23.3 Å². The predicted molar refractivity (Wildman–Crippen MR) is 227 cm³/mol. The van der Waals surface area contributed by atoms with E-state index in [1.807, 2.05) is 12.0 Å². The molecule has 0 aliphatic carbocycles. The van der Waals surface area contributed by atoms with Crippen molar-refractivity contribution in [1.82, 2.24) is 38.2 Å². The number of nitrogens with zero attached hydrogens (tertiary/aromatic N) is 9. The van der Waals surface area contributed by atoms with Crippen molar-refractivity contribution in [3.63, 3.8) is 0 Å². The molecule has 0 amide bonds. The molecule has 0 aromatic carbocycles. The summed E-state index contributed by atoms with van der Waals surface area (Å²) in [6, 6.07) is 6.08. The maximum atomic E-state index is 13.2. The zero-order valence-electron chi connectivity index (χ0n) is 35.9. The van der Waals surface area contributed by atoms with Gasteiger partial charge in [-0.3, -0.25) is 18.3 Å². The summed E-state index contributed by atoms with van der Waals surface area (Å²) in [6.45, 7) is 0.447. The lowest BCUT2D eigenvalue weighted by atomic mass is 9.93. The van der Waals surface area contributed by atoms with E-state index in [0.717, 1.165) is 19.9 Å². The van der Waals surface area contributed by atoms with Crippen LogP contribution in [0.5, 0.6) is 0 Å². The van der Waals surface area contributed by atoms with Crippen molar-refractivity contribution in [2.45, 2.75) is 86.5 Å². The summed E-state index contributed by atoms with van der Waals surface area (Å²) in [6.07, 6.45) is -2.59. The van der Waals surface area contributed by atoms with Gasteiger partial charge in [-0.25, -0.2) is 23.6 Å². The molecule has 8 rings (SSSR count). The van der Waals surface area contributed by atoms with Gasteiger partial charge in [0, 0.05) is 18.6 Å². The van der Waals surface area contributed by atoms with E-state index < -0.39 is 133 Å². The van der Waals surface area contributed by atoms with Gasteiger partial charge in [0.05, 0.1) is 44.8 Å². The Morgan fingerprint density at radius 1 is 0.739 bits per heavy atom. The highest BCUT2D eigenvalue weighted by atomic mass is 19.1. The molecule has 16 N–H and O–H groups in total. The zero-order chi connectivity index (χ0) is 51.1. The van der Waals surface area contributed by atoms with Crippen LogP contribution < -0.4 is 45.7 Å². The number of rotatable bonds is 7. The van der Waals surface area contributed by atoms with Gasteiger partial charge in [0.25, 0.3) is 0 Å². The summed E-state index contributed by atoms with van der Waals surface area (Å²) < 4.78 is 43.2. The maximum Gasteiger partial charge on any atom is 0.351 e. The topological polar surface area (TPSA) is 475 Å². The number of hydrogen-bond donors (Lipinski definition) is 12. The molecule has 4 saturated heterocycles. The number of anilines is 4. The number of aliphatic hydroxyl groups excluding tert-OH is 7. The van der Waals surface area contributed by atoms with Gasteiger partial charge in [0.15, 0.2) is 48.4 Å². The molecule has 4 aliphatic heterocycles. The van der Waals surface area contributed by atoms with Crippen LogP contribution in [0.3, 0.4) is 0 Å². The van der Waals surface area contributed by atoms with Crippen LogP contribution in [-0.4, -0.2) is 160 Å². The number of hydrogen-bond acceptors (Lipinski definition) is 26. The Morgan fingerprint density at radius 3 is 1.71 bits per heavy atom. The molecule has 4 aliphatic rings. The van der Waals surface area contributed by atoms with Gasteiger partial charge in [-0.05, 0) is 25.1 Å². The van der Waals surface area contributed by atoms with E-state index in [2.05, 4.69) is 19.9 Å². The SMILES string of the molecule is C#C[C@]1(O)C(O)[C@H](n2ccc(N)nc2=O)O[C@@H]1CO.C[C@H]1O[C@@H](n2cc(F)c(N)nc2=O)C(O)[C@@H]1O.N#C[C@H]1[C@H](O)[C@@H](CO)O[C@H]1n1ccc(N)nc1=O.Nc1ccn([C@@H]2CO[C@H](CO)O2)c(=O)n1. The number of nitrogen functional groups attached to an aromatic ring is 4. The van der Waals surface area contributed by atoms with Crippen LogP contribution >= 0.6 is 0 Å². The molecule has 69 heavy (non-hydrogen) atoms. The first-order chi connectivity index (χ1) is 32.6. The largest absolute Gasteiger partial charge is 0.394 e. The normalized spacial score (nSPS) is 31.2. The van der Waals surface area contributed by atoms with Gasteiger partial charge in [-0.15, -0.1) is 6.42 Å². The van der Waals surface area contributed by atoms with Gasteiger partial charge in [-0.1, -0.05) is 5.92 Å². The standard InChI is InChI=1S/C11H13N3O5.C10H12N4O4.C9H12FN3O4.C8H11N3O4/c1-2-11(18)6(5-15)19-9(8(11)16)14-4-3-7(12)13-10(14)17;11-3-5-8(16)6(4-15)18-9(5)14-2-1-7(12)13-10(14)17;1-3-5(14)6(15)8(17-3)13-2-4(10)7(11)12-9(13)16;9-5-1-2-11(8(13)10-5)6-4-14-7(3-12)15-6/h1,3-4,6,8-9,15-16,18H,5H2,(H2,12,13,17);1-2,5-6,8-9,15-16H,4H2,(H2,12,13,17);2-3,5-6,8,14-15H,1H3,(H2,11,12,16);1-2,6-7,12H,3-4H2,(H2,9,10,13)/t6-,8?,9-,11-;5-,6+,8-,9+;3-,5-,6?,8-;6-,7-/m1010/s1. The molecule has 4 aromatic heterocycles. The van der Waals surface area contributed by atoms with Crippen molar-refractivity contribution < 1.29 is 68.9 Å². The molecule has 14 atom stereocenters. The van der Waals surface area contributed by atoms with E-state index in [1.54, 1.807) is 0 Å². The number of aromatic nitrogens is 8. The Morgan fingerprint density at radius 2 is 1.28 bits per heavy atom. The van der Waals surface area contributed by atoms with Crippen LogP contribution in [0.4, 0.5) is 27.7 Å². The number of ether oxygens (including phenoxy) is 5. The van der Waals surface area contributed by atoms with Crippen LogP contribution in [0.15, 0.2) is 62.2 Å². The number of nitriles is 1. The first-order valence-electron chi connectivity index (χ1n) is 20.1. The van der Waals surface area contributed by atoms with E-state index in [4.69, 9.17) is 73.6 Å². The molecule has 30 nitrogen and oxygen atoms in total. The van der Waals surface area contributed by atoms with Crippen LogP contribution in [0.2, 0.25) is 0 Å². The Kier molecular flexibility index (Phi) is 17.3. The Bertz CT molecular complexity index is 2750. The van der Waals surface area contributed by atoms with Gasteiger partial charge >= 0.3 is 22.8 Å². The fourth-order valence-electron chi connectivity index (χ4n) is 6.87. The van der Waals surface area contributed by atoms with Crippen molar-refractivity contribution in [3.8, 4) is 18.4 Å². The van der Waals surface area contributed by atoms with Crippen LogP contribution in [0.25, 0.3) is 0 Å². The lowest BCUT2D eigenvalue weighted by Crippen LogP contribution is -2.48. The Hall–Kier alpha value is -6.82. The van der Waals surface area contributed by atoms with E-state index in [-0.39, 0.29) is 30.7 Å². The van der Waals surface area contributed by atoms with Crippen LogP contribution in [0.1, 0.15) is 31.8 Å². The van der Waals surface area contributed by atoms with E-state index in [1.165, 1.54) is 48.3 Å². The average molecular weight is 978 g/mol. The molecule has 374 valence electrons. The van der Waals surface area contributed by atoms with Crippen LogP contribution in [-0.2, 0) is 23.7 Å². The highest BCUT2D eigenvalue weighted by Gasteiger charge is 2.55. The van der Waals surface area contributed by atoms with Crippen molar-refractivity contribution in [2.75, 3.05) is 49.4 Å². The quantitative estimate of drug-likeness (QED) is 0.0766. The summed E-state index contributed by atoms with van der Waals surface area (Å²) in [5, 5.41) is 84.9. The Labute approximate surface area is 386 Å². The lowest BCUT2D eigenvalue weighted by molar-refractivity contribution is -0.0992. The van der Waals surface area contributed by atoms with E-state index in [0.29, 0.717) is 0 Å². The third-order valence-electron chi connectivity index (χ3n) is 10.6. The van der Waals surface area contributed by atoms with Gasteiger partial charge in [0.1, 0.15) is 60.0 Å². The van der Waals surface area contributed by atoms with Crippen LogP contribution in [0, 0.1) is 35.4 Å². The van der Waals surface area contributed by atoms with Gasteiger partial charge in [-0.2, -0.15) is 25.2 Å². The molecule has 0 radical (unpaired) electrons. The summed E-state index contributed by atoms with van der Waals surface area (Å²) >= 11 is 0. The third-order valence-corrected chi connectivity index (χ3v) is 10.6. The van der Waals surface area contributed by atoms with Crippen molar-refractivity contribution in [2.24, 2.45) is 5.92 Å². The second-order valence-corrected chi connectivity index (χ2v) is 15.0. The molecule has 8 heterocycles. The lowest BCUT2D eigenvalue weighted by Gasteiger charge is -2.23. The predicted octanol–water partition coefficient (Wildman–Crippen LogP) is -7.05. The van der Waals surface area contributed by atoms with E-state index in [9.17, 15) is 49.1 Å². The summed E-state index contributed by atoms with van der Waals surface area (Å²) in [5.74, 6) is -0.155. The minimum absolute atomic E-state index is 0.0136. The number of halogens is 1. The smallest absolute Gasteiger partial charge is 0.351 e. The molecule has 4 aromatic rings. The summed E-state index contributed by atoms with van der Waals surface area (Å²) in [7, 11) is 0. The minimum Gasteiger partial charge on any atom is -0.394 e. The maximum absolute atomic E-state index is 13.2. The first-order valence-corrected chi connectivity index (χ1v) is 20.1. The molecule has 0 bridgehead atoms. The first kappa shape index (κ1) is 53.1. The Balaban J connectivity index is 0.000000172. The van der Waals surface area contributed by atoms with Gasteiger partial charge in [0.2, 0.25) is 0 Å². The highest BCUT2D eigenvalue weighted by molar-refractivity contribution is 5.27. The minimum atomic E-state index is -2.08. The number of terminal acetylenes is 1. The molecule has 4 fully saturated rings. The average Bonchev–Trinajstić information content (AvgIpc) is 4.05. The second kappa shape index (κ2) is 22.5. The fraction of sp³-hybridized carbons (Fsp3) is 0.500. The molecule has 0 saturated carbocycles. The summed E-state index contributed by atoms with van der Waals surface area (Å²) in [5.41, 5.74) is 16.3. The van der Waals surface area contributed by atoms with Gasteiger partial charge < -0.3 is 87.5 Å². The third kappa shape index (κ3) is 11.6. The molecular formula is C38H48FN13O17. The second-order valence-electron chi connectivity index (χ2n) is 15.0. The van der Waals surface area contributed by atoms with Crippen molar-refractivity contribution in [3.05, 3.63) is 90.7 Å². The fourth-order valence-corrected chi connectivity index (χ4v) is 6.87. The molecule has 31 heteroatoms. The summed E-state index contributed by atoms with van der Waals surface area (Å²) in [4.78, 5) is 59.9. The molecule has 0 spiro atoms. The van der Waals surface area contributed by atoms with E-state index >= 15 is 0 Å². The molecule has 2 unspecified atom stereocenters. The van der Waals surface area contributed by atoms with Crippen molar-refractivity contribution in [1.29, 1.82) is 5.26 Å². The molecular weight excluding hydrogens is 929 g/mol.